The summed E-state index contributed by atoms with van der Waals surface area (Å²) in [6, 6.07) is 10.2. The predicted octanol–water partition coefficient (Wildman–Crippen LogP) is 1.61. The number of nitrogens with zero attached hydrogens (tertiary/aromatic N) is 3. The number of aromatic nitrogens is 2. The zero-order valence-corrected chi connectivity index (χ0v) is 15.0. The molecule has 2 aromatic rings. The van der Waals surface area contributed by atoms with Crippen molar-refractivity contribution in [1.29, 1.82) is 0 Å². The number of hydrogen-bond acceptors (Lipinski definition) is 4. The molecular formula is C19H26N4O2. The zero-order chi connectivity index (χ0) is 17.6. The summed E-state index contributed by atoms with van der Waals surface area (Å²) in [5.74, 6) is -0.0393. The number of carbonyl (C=O) groups is 1. The highest BCUT2D eigenvalue weighted by Crippen LogP contribution is 2.14. The number of ether oxygens (including phenoxy) is 1. The first-order valence-electron chi connectivity index (χ1n) is 8.81. The lowest BCUT2D eigenvalue weighted by Gasteiger charge is -2.26. The molecule has 0 aliphatic carbocycles. The second-order valence-electron chi connectivity index (χ2n) is 6.40. The van der Waals surface area contributed by atoms with Crippen molar-refractivity contribution < 1.29 is 9.53 Å². The lowest BCUT2D eigenvalue weighted by molar-refractivity contribution is 0.0383. The van der Waals surface area contributed by atoms with E-state index in [4.69, 9.17) is 4.74 Å². The number of rotatable bonds is 6. The van der Waals surface area contributed by atoms with Gasteiger partial charge in [0.05, 0.1) is 31.0 Å². The smallest absolute Gasteiger partial charge is 0.255 e. The Morgan fingerprint density at radius 1 is 1.20 bits per heavy atom. The molecule has 25 heavy (non-hydrogen) atoms. The van der Waals surface area contributed by atoms with Gasteiger partial charge >= 0.3 is 0 Å². The van der Waals surface area contributed by atoms with Crippen LogP contribution in [0.1, 0.15) is 27.3 Å². The minimum Gasteiger partial charge on any atom is -0.379 e. The first kappa shape index (κ1) is 17.6. The van der Waals surface area contributed by atoms with Gasteiger partial charge in [0, 0.05) is 31.9 Å². The molecule has 1 amide bonds. The average molecular weight is 342 g/mol. The van der Waals surface area contributed by atoms with Crippen LogP contribution in [-0.2, 0) is 11.3 Å². The van der Waals surface area contributed by atoms with Crippen LogP contribution in [0.2, 0.25) is 0 Å². The van der Waals surface area contributed by atoms with E-state index in [1.54, 1.807) is 0 Å². The van der Waals surface area contributed by atoms with Crippen molar-refractivity contribution in [3.05, 3.63) is 52.8 Å². The molecule has 1 aromatic heterocycles. The minimum absolute atomic E-state index is 0.0393. The third kappa shape index (κ3) is 4.46. The highest BCUT2D eigenvalue weighted by atomic mass is 16.5. The molecule has 6 nitrogen and oxygen atoms in total. The van der Waals surface area contributed by atoms with E-state index in [-0.39, 0.29) is 5.91 Å². The van der Waals surface area contributed by atoms with E-state index in [1.165, 1.54) is 5.56 Å². The van der Waals surface area contributed by atoms with Crippen molar-refractivity contribution in [1.82, 2.24) is 20.0 Å². The van der Waals surface area contributed by atoms with E-state index >= 15 is 0 Å². The largest absolute Gasteiger partial charge is 0.379 e. The Kier molecular flexibility index (Phi) is 5.83. The van der Waals surface area contributed by atoms with Crippen molar-refractivity contribution >= 4 is 5.91 Å². The SMILES string of the molecule is Cc1nn(Cc2ccccc2)c(C)c1C(=O)NCCN1CCOCC1. The summed E-state index contributed by atoms with van der Waals surface area (Å²) in [5.41, 5.74) is 3.55. The number of aryl methyl sites for hydroxylation is 1. The van der Waals surface area contributed by atoms with Gasteiger partial charge in [-0.05, 0) is 19.4 Å². The highest BCUT2D eigenvalue weighted by molar-refractivity contribution is 5.96. The summed E-state index contributed by atoms with van der Waals surface area (Å²) in [6.07, 6.45) is 0. The van der Waals surface area contributed by atoms with Gasteiger partial charge in [-0.2, -0.15) is 5.10 Å². The average Bonchev–Trinajstić information content (AvgIpc) is 2.90. The molecule has 6 heteroatoms. The van der Waals surface area contributed by atoms with Crippen LogP contribution in [0.5, 0.6) is 0 Å². The molecule has 1 saturated heterocycles. The number of hydrogen-bond donors (Lipinski definition) is 1. The molecule has 0 atom stereocenters. The monoisotopic (exact) mass is 342 g/mol. The molecule has 0 bridgehead atoms. The van der Waals surface area contributed by atoms with Gasteiger partial charge in [0.1, 0.15) is 0 Å². The maximum atomic E-state index is 12.6. The van der Waals surface area contributed by atoms with Crippen LogP contribution >= 0.6 is 0 Å². The van der Waals surface area contributed by atoms with E-state index in [9.17, 15) is 4.79 Å². The van der Waals surface area contributed by atoms with Crippen LogP contribution < -0.4 is 5.32 Å². The van der Waals surface area contributed by atoms with E-state index in [0.717, 1.165) is 44.2 Å². The van der Waals surface area contributed by atoms with Gasteiger partial charge in [0.2, 0.25) is 0 Å². The highest BCUT2D eigenvalue weighted by Gasteiger charge is 2.19. The van der Waals surface area contributed by atoms with Gasteiger partial charge < -0.3 is 10.1 Å². The van der Waals surface area contributed by atoms with Crippen molar-refractivity contribution in [2.75, 3.05) is 39.4 Å². The maximum Gasteiger partial charge on any atom is 0.255 e. The van der Waals surface area contributed by atoms with Crippen molar-refractivity contribution in [3.8, 4) is 0 Å². The Hall–Kier alpha value is -2.18. The van der Waals surface area contributed by atoms with Crippen molar-refractivity contribution in [2.45, 2.75) is 20.4 Å². The maximum absolute atomic E-state index is 12.6. The van der Waals surface area contributed by atoms with Crippen molar-refractivity contribution in [2.24, 2.45) is 0 Å². The Bertz CT molecular complexity index is 706. The molecule has 0 saturated carbocycles. The van der Waals surface area contributed by atoms with Crippen LogP contribution in [0, 0.1) is 13.8 Å². The third-order valence-corrected chi connectivity index (χ3v) is 4.60. The second-order valence-corrected chi connectivity index (χ2v) is 6.40. The van der Waals surface area contributed by atoms with Crippen LogP contribution in [0.15, 0.2) is 30.3 Å². The number of benzene rings is 1. The van der Waals surface area contributed by atoms with Gasteiger partial charge in [-0.25, -0.2) is 0 Å². The molecule has 1 N–H and O–H groups in total. The molecule has 1 aromatic carbocycles. The molecule has 0 radical (unpaired) electrons. The second kappa shape index (κ2) is 8.27. The Balaban J connectivity index is 1.60. The summed E-state index contributed by atoms with van der Waals surface area (Å²) < 4.78 is 7.24. The minimum atomic E-state index is -0.0393. The molecule has 134 valence electrons. The van der Waals surface area contributed by atoms with E-state index < -0.39 is 0 Å². The van der Waals surface area contributed by atoms with Crippen LogP contribution in [-0.4, -0.2) is 60.0 Å². The topological polar surface area (TPSA) is 59.4 Å². The zero-order valence-electron chi connectivity index (χ0n) is 15.0. The molecular weight excluding hydrogens is 316 g/mol. The summed E-state index contributed by atoms with van der Waals surface area (Å²) in [4.78, 5) is 14.9. The summed E-state index contributed by atoms with van der Waals surface area (Å²) in [6.45, 7) is 9.44. The standard InChI is InChI=1S/C19H26N4O2/c1-15-18(19(24)20-8-9-22-10-12-25-13-11-22)16(2)23(21-15)14-17-6-4-3-5-7-17/h3-7H,8-14H2,1-2H3,(H,20,24). The van der Waals surface area contributed by atoms with Gasteiger partial charge in [-0.3, -0.25) is 14.4 Å². The fourth-order valence-corrected chi connectivity index (χ4v) is 3.18. The van der Waals surface area contributed by atoms with Crippen LogP contribution in [0.3, 0.4) is 0 Å². The predicted molar refractivity (Wildman–Crippen MR) is 96.8 cm³/mol. The summed E-state index contributed by atoms with van der Waals surface area (Å²) in [5, 5.41) is 7.58. The molecule has 1 aliphatic heterocycles. The quantitative estimate of drug-likeness (QED) is 0.866. The normalized spacial score (nSPS) is 15.3. The first-order valence-corrected chi connectivity index (χ1v) is 8.81. The van der Waals surface area contributed by atoms with E-state index in [0.29, 0.717) is 18.7 Å². The summed E-state index contributed by atoms with van der Waals surface area (Å²) in [7, 11) is 0. The number of nitrogens with one attached hydrogen (secondary N) is 1. The Labute approximate surface area is 148 Å². The molecule has 3 rings (SSSR count). The molecule has 0 unspecified atom stereocenters. The number of morpholine rings is 1. The molecule has 1 fully saturated rings. The van der Waals surface area contributed by atoms with Gasteiger partial charge in [-0.15, -0.1) is 0 Å². The van der Waals surface area contributed by atoms with Crippen LogP contribution in [0.4, 0.5) is 0 Å². The Morgan fingerprint density at radius 3 is 2.64 bits per heavy atom. The van der Waals surface area contributed by atoms with Crippen LogP contribution in [0.25, 0.3) is 0 Å². The molecule has 0 spiro atoms. The summed E-state index contributed by atoms with van der Waals surface area (Å²) >= 11 is 0. The van der Waals surface area contributed by atoms with E-state index in [2.05, 4.69) is 27.4 Å². The fraction of sp³-hybridized carbons (Fsp3) is 0.474. The van der Waals surface area contributed by atoms with Crippen molar-refractivity contribution in [3.63, 3.8) is 0 Å². The number of carbonyl (C=O) groups excluding carboxylic acids is 1. The lowest BCUT2D eigenvalue weighted by atomic mass is 10.1. The van der Waals surface area contributed by atoms with Gasteiger partial charge in [-0.1, -0.05) is 30.3 Å². The third-order valence-electron chi connectivity index (χ3n) is 4.60. The Morgan fingerprint density at radius 2 is 1.92 bits per heavy atom. The first-order chi connectivity index (χ1) is 12.1. The molecule has 1 aliphatic rings. The fourth-order valence-electron chi connectivity index (χ4n) is 3.18. The van der Waals surface area contributed by atoms with E-state index in [1.807, 2.05) is 36.7 Å². The van der Waals surface area contributed by atoms with Gasteiger partial charge in [0.15, 0.2) is 0 Å². The molecule has 2 heterocycles. The number of amides is 1. The van der Waals surface area contributed by atoms with Gasteiger partial charge in [0.25, 0.3) is 5.91 Å². The lowest BCUT2D eigenvalue weighted by Crippen LogP contribution is -2.41.